The normalized spacial score (nSPS) is 21.5. The van der Waals surface area contributed by atoms with Gasteiger partial charge < -0.3 is 30.6 Å². The van der Waals surface area contributed by atoms with Crippen molar-refractivity contribution in [3.8, 4) is 0 Å². The average Bonchev–Trinajstić information content (AvgIpc) is 3.48. The Hall–Kier alpha value is -3.15. The van der Waals surface area contributed by atoms with Crippen molar-refractivity contribution in [1.29, 1.82) is 0 Å². The first-order valence-electron chi connectivity index (χ1n) is 13.5. The summed E-state index contributed by atoms with van der Waals surface area (Å²) >= 11 is 7.54. The van der Waals surface area contributed by atoms with Crippen LogP contribution < -0.4 is 16.0 Å². The predicted molar refractivity (Wildman–Crippen MR) is 155 cm³/mol. The Morgan fingerprint density at radius 2 is 1.88 bits per heavy atom. The molecule has 3 atom stereocenters. The number of H-pyrrole nitrogens is 1. The fraction of sp³-hybridized carbons (Fsp3) is 0.500. The SMILES string of the molecule is CN1CCc2nc(C(=O)NC3CCC(NC(=O)OC(C)(C)C)CC3NC(=O)c3cc4cc(Cl)ccc4[nH]3)sc2C1. The second kappa shape index (κ2) is 11.4. The average molecular weight is 587 g/mol. The smallest absolute Gasteiger partial charge is 0.407 e. The minimum absolute atomic E-state index is 0.225. The fourth-order valence-corrected chi connectivity index (χ4v) is 6.50. The number of amides is 3. The number of thiazole rings is 1. The molecule has 3 heterocycles. The number of carbonyl (C=O) groups excluding carboxylic acids is 3. The molecule has 3 aromatic rings. The lowest BCUT2D eigenvalue weighted by molar-refractivity contribution is 0.0480. The van der Waals surface area contributed by atoms with E-state index in [2.05, 4.69) is 37.9 Å². The monoisotopic (exact) mass is 586 g/mol. The van der Waals surface area contributed by atoms with Crippen molar-refractivity contribution < 1.29 is 19.1 Å². The van der Waals surface area contributed by atoms with Crippen LogP contribution in [0.25, 0.3) is 10.9 Å². The van der Waals surface area contributed by atoms with Crippen molar-refractivity contribution in [2.24, 2.45) is 0 Å². The molecule has 0 radical (unpaired) electrons. The van der Waals surface area contributed by atoms with E-state index in [-0.39, 0.29) is 23.9 Å². The summed E-state index contributed by atoms with van der Waals surface area (Å²) < 4.78 is 5.43. The Morgan fingerprint density at radius 3 is 2.65 bits per heavy atom. The van der Waals surface area contributed by atoms with Crippen LogP contribution in [0, 0.1) is 0 Å². The maximum atomic E-state index is 13.3. The van der Waals surface area contributed by atoms with Crippen LogP contribution >= 0.6 is 22.9 Å². The number of nitrogens with zero attached hydrogens (tertiary/aromatic N) is 2. The van der Waals surface area contributed by atoms with Crippen LogP contribution in [0.5, 0.6) is 0 Å². The van der Waals surface area contributed by atoms with Crippen molar-refractivity contribution in [2.75, 3.05) is 13.6 Å². The molecule has 1 saturated carbocycles. The van der Waals surface area contributed by atoms with Crippen LogP contribution in [0.15, 0.2) is 24.3 Å². The topological polar surface area (TPSA) is 128 Å². The van der Waals surface area contributed by atoms with E-state index in [0.717, 1.165) is 41.0 Å². The maximum absolute atomic E-state index is 13.3. The molecule has 4 N–H and O–H groups in total. The van der Waals surface area contributed by atoms with E-state index in [1.54, 1.807) is 18.2 Å². The largest absolute Gasteiger partial charge is 0.444 e. The van der Waals surface area contributed by atoms with Gasteiger partial charge in [-0.1, -0.05) is 11.6 Å². The highest BCUT2D eigenvalue weighted by atomic mass is 35.5. The Morgan fingerprint density at radius 1 is 1.10 bits per heavy atom. The molecule has 5 rings (SSSR count). The third kappa shape index (κ3) is 6.76. The van der Waals surface area contributed by atoms with E-state index in [0.29, 0.717) is 35.0 Å². The lowest BCUT2D eigenvalue weighted by Gasteiger charge is -2.37. The van der Waals surface area contributed by atoms with Gasteiger partial charge in [0.15, 0.2) is 5.01 Å². The van der Waals surface area contributed by atoms with Gasteiger partial charge in [-0.25, -0.2) is 9.78 Å². The van der Waals surface area contributed by atoms with Gasteiger partial charge in [-0.2, -0.15) is 0 Å². The highest BCUT2D eigenvalue weighted by molar-refractivity contribution is 7.13. The number of benzene rings is 1. The van der Waals surface area contributed by atoms with Gasteiger partial charge in [-0.05, 0) is 71.3 Å². The number of carbonyl (C=O) groups is 3. The molecule has 12 heteroatoms. The standard InChI is InChI=1S/C28H35ClN6O4S/c1-28(2,3)39-27(38)30-17-6-8-19(32-25(37)26-34-20-9-10-35(4)14-23(20)40-26)21(13-17)33-24(36)22-12-15-11-16(29)5-7-18(15)31-22/h5,7,11-12,17,19,21,31H,6,8-10,13-14H2,1-4H3,(H,30,38)(H,32,37)(H,33,36). The first-order valence-corrected chi connectivity index (χ1v) is 14.7. The number of aromatic amines is 1. The number of rotatable bonds is 5. The number of alkyl carbamates (subject to hydrolysis) is 1. The summed E-state index contributed by atoms with van der Waals surface area (Å²) in [5.74, 6) is -0.549. The van der Waals surface area contributed by atoms with Crippen LogP contribution in [-0.2, 0) is 17.7 Å². The minimum atomic E-state index is -0.622. The molecule has 214 valence electrons. The first-order chi connectivity index (χ1) is 18.9. The molecule has 2 aliphatic rings. The Bertz CT molecular complexity index is 1430. The molecular weight excluding hydrogens is 552 g/mol. The number of aromatic nitrogens is 2. The lowest BCUT2D eigenvalue weighted by atomic mass is 9.86. The van der Waals surface area contributed by atoms with Crippen LogP contribution in [0.1, 0.15) is 70.9 Å². The summed E-state index contributed by atoms with van der Waals surface area (Å²) in [6.45, 7) is 7.13. The molecule has 10 nitrogen and oxygen atoms in total. The van der Waals surface area contributed by atoms with E-state index in [4.69, 9.17) is 16.3 Å². The highest BCUT2D eigenvalue weighted by Gasteiger charge is 2.35. The zero-order chi connectivity index (χ0) is 28.6. The number of ether oxygens (including phenoxy) is 1. The molecule has 0 spiro atoms. The molecule has 40 heavy (non-hydrogen) atoms. The summed E-state index contributed by atoms with van der Waals surface area (Å²) in [5, 5.41) is 11.0. The van der Waals surface area contributed by atoms with Crippen LogP contribution in [0.4, 0.5) is 4.79 Å². The molecule has 1 aliphatic heterocycles. The van der Waals surface area contributed by atoms with Gasteiger partial charge in [-0.3, -0.25) is 9.59 Å². The summed E-state index contributed by atoms with van der Waals surface area (Å²) in [5.41, 5.74) is 1.55. The third-order valence-corrected chi connectivity index (χ3v) is 8.46. The number of likely N-dealkylation sites (N-methyl/N-ethyl adjacent to an activating group) is 1. The van der Waals surface area contributed by atoms with Gasteiger partial charge in [0.2, 0.25) is 0 Å². The molecule has 0 saturated heterocycles. The maximum Gasteiger partial charge on any atom is 0.407 e. The Labute approximate surface area is 242 Å². The van der Waals surface area contributed by atoms with Gasteiger partial charge >= 0.3 is 6.09 Å². The molecule has 0 bridgehead atoms. The van der Waals surface area contributed by atoms with E-state index in [9.17, 15) is 14.4 Å². The third-order valence-electron chi connectivity index (χ3n) is 7.15. The minimum Gasteiger partial charge on any atom is -0.444 e. The van der Waals surface area contributed by atoms with E-state index in [1.807, 2.05) is 26.8 Å². The predicted octanol–water partition coefficient (Wildman–Crippen LogP) is 4.24. The van der Waals surface area contributed by atoms with Crippen molar-refractivity contribution in [3.63, 3.8) is 0 Å². The van der Waals surface area contributed by atoms with Gasteiger partial charge in [0.05, 0.1) is 11.7 Å². The molecular formula is C28H35ClN6O4S. The molecule has 1 aromatic carbocycles. The van der Waals surface area contributed by atoms with Gasteiger partial charge in [0.25, 0.3) is 11.8 Å². The van der Waals surface area contributed by atoms with Crippen LogP contribution in [0.3, 0.4) is 0 Å². The van der Waals surface area contributed by atoms with Crippen molar-refractivity contribution >= 4 is 51.7 Å². The first kappa shape index (κ1) is 28.4. The van der Waals surface area contributed by atoms with Crippen molar-refractivity contribution in [1.82, 2.24) is 30.8 Å². The Balaban J connectivity index is 1.31. The highest BCUT2D eigenvalue weighted by Crippen LogP contribution is 2.26. The summed E-state index contributed by atoms with van der Waals surface area (Å²) in [6.07, 6.45) is 1.94. The second-order valence-corrected chi connectivity index (χ2v) is 13.1. The van der Waals surface area contributed by atoms with E-state index >= 15 is 0 Å². The van der Waals surface area contributed by atoms with Crippen LogP contribution in [0.2, 0.25) is 5.02 Å². The summed E-state index contributed by atoms with van der Waals surface area (Å²) in [7, 11) is 2.06. The zero-order valence-corrected chi connectivity index (χ0v) is 24.7. The van der Waals surface area contributed by atoms with E-state index < -0.39 is 17.7 Å². The molecule has 1 aliphatic carbocycles. The van der Waals surface area contributed by atoms with Gasteiger partial charge in [0.1, 0.15) is 11.3 Å². The molecule has 3 unspecified atom stereocenters. The second-order valence-electron chi connectivity index (χ2n) is 11.6. The number of halogens is 1. The van der Waals surface area contributed by atoms with Gasteiger partial charge in [-0.15, -0.1) is 11.3 Å². The fourth-order valence-electron chi connectivity index (χ4n) is 5.23. The number of fused-ring (bicyclic) bond motifs is 2. The number of hydrogen-bond donors (Lipinski definition) is 4. The summed E-state index contributed by atoms with van der Waals surface area (Å²) in [4.78, 5) is 50.1. The lowest BCUT2D eigenvalue weighted by Crippen LogP contribution is -2.58. The van der Waals surface area contributed by atoms with Crippen molar-refractivity contribution in [2.45, 2.75) is 76.7 Å². The zero-order valence-electron chi connectivity index (χ0n) is 23.1. The number of nitrogens with one attached hydrogen (secondary N) is 4. The Kier molecular flexibility index (Phi) is 8.08. The quantitative estimate of drug-likeness (QED) is 0.354. The van der Waals surface area contributed by atoms with Gasteiger partial charge in [0, 0.05) is 52.4 Å². The molecule has 1 fully saturated rings. The van der Waals surface area contributed by atoms with Crippen LogP contribution in [-0.4, -0.2) is 70.1 Å². The molecule has 2 aromatic heterocycles. The summed E-state index contributed by atoms with van der Waals surface area (Å²) in [6, 6.07) is 6.13. The van der Waals surface area contributed by atoms with E-state index in [1.165, 1.54) is 11.3 Å². The number of hydrogen-bond acceptors (Lipinski definition) is 7. The molecule has 3 amide bonds. The van der Waals surface area contributed by atoms with Crippen molar-refractivity contribution in [3.05, 3.63) is 50.6 Å².